The number of rotatable bonds is 10. The molecular weight excluding hydrogens is 560 g/mol. The van der Waals surface area contributed by atoms with Crippen molar-refractivity contribution in [3.05, 3.63) is 114 Å². The van der Waals surface area contributed by atoms with Crippen LogP contribution in [0.1, 0.15) is 43.2 Å². The number of nitrogens with zero attached hydrogens (tertiary/aromatic N) is 2. The van der Waals surface area contributed by atoms with E-state index >= 15 is 0 Å². The van der Waals surface area contributed by atoms with Gasteiger partial charge < -0.3 is 20.9 Å². The maximum Gasteiger partial charge on any atom is 0.254 e. The Kier molecular flexibility index (Phi) is 10.0. The Balaban J connectivity index is 1.35. The molecule has 1 saturated heterocycles. The molecule has 0 radical (unpaired) electrons. The zero-order chi connectivity index (χ0) is 31.9. The fraction of sp³-hybridized carbons (Fsp3) is 0.368. The predicted octanol–water partition coefficient (Wildman–Crippen LogP) is 4.91. The molecule has 0 spiro atoms. The minimum Gasteiger partial charge on any atom is -0.359 e. The van der Waals surface area contributed by atoms with E-state index in [9.17, 15) is 14.4 Å². The van der Waals surface area contributed by atoms with Gasteiger partial charge in [-0.3, -0.25) is 14.4 Å². The smallest absolute Gasteiger partial charge is 0.254 e. The quantitative estimate of drug-likeness (QED) is 0.254. The van der Waals surface area contributed by atoms with E-state index in [-0.39, 0.29) is 17.7 Å². The van der Waals surface area contributed by atoms with E-state index in [0.29, 0.717) is 38.8 Å². The Labute approximate surface area is 266 Å². The van der Waals surface area contributed by atoms with Gasteiger partial charge >= 0.3 is 0 Å². The summed E-state index contributed by atoms with van der Waals surface area (Å²) in [6.07, 6.45) is 8.08. The lowest BCUT2D eigenvalue weighted by Crippen LogP contribution is -2.55. The molecule has 1 aliphatic heterocycles. The van der Waals surface area contributed by atoms with Crippen LogP contribution in [0.2, 0.25) is 0 Å². The van der Waals surface area contributed by atoms with Crippen molar-refractivity contribution < 1.29 is 14.4 Å². The number of hydrogen-bond acceptors (Lipinski definition) is 4. The van der Waals surface area contributed by atoms with E-state index in [1.54, 1.807) is 20.2 Å². The van der Waals surface area contributed by atoms with Crippen LogP contribution in [0, 0.1) is 5.41 Å². The van der Waals surface area contributed by atoms with Crippen molar-refractivity contribution in [1.82, 2.24) is 15.1 Å². The van der Waals surface area contributed by atoms with Crippen molar-refractivity contribution in [1.29, 1.82) is 0 Å². The third-order valence-corrected chi connectivity index (χ3v) is 9.58. The summed E-state index contributed by atoms with van der Waals surface area (Å²) < 4.78 is 0. The van der Waals surface area contributed by atoms with Crippen LogP contribution in [0.15, 0.2) is 103 Å². The largest absolute Gasteiger partial charge is 0.359 e. The van der Waals surface area contributed by atoms with Gasteiger partial charge in [0.1, 0.15) is 6.04 Å². The van der Waals surface area contributed by atoms with Gasteiger partial charge in [0.05, 0.1) is 5.41 Å². The molecule has 1 atom stereocenters. The number of nitrogens with one attached hydrogen (secondary N) is 1. The lowest BCUT2D eigenvalue weighted by atomic mass is 9.73. The minimum atomic E-state index is -0.713. The average molecular weight is 605 g/mol. The van der Waals surface area contributed by atoms with Crippen molar-refractivity contribution >= 4 is 17.7 Å². The molecule has 2 aliphatic rings. The van der Waals surface area contributed by atoms with Gasteiger partial charge in [0.2, 0.25) is 11.8 Å². The lowest BCUT2D eigenvalue weighted by Gasteiger charge is -2.42. The number of piperidine rings is 1. The van der Waals surface area contributed by atoms with E-state index in [4.69, 9.17) is 5.73 Å². The van der Waals surface area contributed by atoms with Crippen LogP contribution in [-0.4, -0.2) is 66.3 Å². The first-order chi connectivity index (χ1) is 21.7. The Morgan fingerprint density at radius 3 is 2.07 bits per heavy atom. The number of likely N-dealkylation sites (tertiary alicyclic amines) is 1. The van der Waals surface area contributed by atoms with Crippen LogP contribution >= 0.6 is 0 Å². The highest BCUT2D eigenvalue weighted by atomic mass is 16.2. The molecule has 45 heavy (non-hydrogen) atoms. The van der Waals surface area contributed by atoms with Gasteiger partial charge in [-0.2, -0.15) is 0 Å². The second-order valence-electron chi connectivity index (χ2n) is 12.6. The summed E-state index contributed by atoms with van der Waals surface area (Å²) in [4.78, 5) is 44.1. The molecule has 234 valence electrons. The monoisotopic (exact) mass is 604 g/mol. The van der Waals surface area contributed by atoms with E-state index < -0.39 is 17.0 Å². The van der Waals surface area contributed by atoms with Crippen molar-refractivity contribution in [2.24, 2.45) is 11.1 Å². The number of carbonyl (C=O) groups is 3. The van der Waals surface area contributed by atoms with E-state index in [1.807, 2.05) is 65.6 Å². The summed E-state index contributed by atoms with van der Waals surface area (Å²) in [7, 11) is 3.35. The van der Waals surface area contributed by atoms with Gasteiger partial charge in [-0.1, -0.05) is 84.9 Å². The number of likely N-dealkylation sites (N-methyl/N-ethyl adjacent to an activating group) is 1. The topological polar surface area (TPSA) is 95.7 Å². The first-order valence-corrected chi connectivity index (χ1v) is 15.9. The van der Waals surface area contributed by atoms with Crippen LogP contribution in [-0.2, 0) is 27.2 Å². The summed E-state index contributed by atoms with van der Waals surface area (Å²) in [5.41, 5.74) is 12.6. The molecule has 3 amide bonds. The number of carbonyl (C=O) groups excluding carboxylic acids is 3. The molecule has 0 bridgehead atoms. The van der Waals surface area contributed by atoms with Gasteiger partial charge in [0, 0.05) is 45.2 Å². The minimum absolute atomic E-state index is 0.00173. The number of benzene rings is 3. The molecule has 1 saturated carbocycles. The van der Waals surface area contributed by atoms with E-state index in [0.717, 1.165) is 41.5 Å². The molecule has 7 nitrogen and oxygen atoms in total. The SMILES string of the molecule is CNC(=O)C1(Cc2ccccc2)CCN(C(=O)[C@@H](Cc2ccc(-c3ccccc3)cc2)N(C)C(=O)C=C=CC2(N)CCC2)CC1. The number of nitrogens with two attached hydrogens (primary N) is 1. The molecule has 7 heteroatoms. The van der Waals surface area contributed by atoms with E-state index in [2.05, 4.69) is 35.3 Å². The zero-order valence-electron chi connectivity index (χ0n) is 26.4. The highest BCUT2D eigenvalue weighted by Gasteiger charge is 2.43. The molecule has 1 heterocycles. The Bertz CT molecular complexity index is 1530. The standard InChI is InChI=1S/C38H44N4O3/c1-40-36(45)37(28-30-11-5-3-6-12-30)23-25-42(26-24-37)35(44)33(41(2)34(43)15-9-20-38(39)21-10-22-38)27-29-16-18-32(19-17-29)31-13-7-4-8-14-31/h3-8,11-20,33H,10,21-28,39H2,1-2H3,(H,40,45)/t9?,33-/m1/s1. The highest BCUT2D eigenvalue weighted by molar-refractivity contribution is 5.93. The summed E-state index contributed by atoms with van der Waals surface area (Å²) >= 11 is 0. The predicted molar refractivity (Wildman–Crippen MR) is 178 cm³/mol. The van der Waals surface area contributed by atoms with Crippen LogP contribution in [0.5, 0.6) is 0 Å². The first kappa shape index (κ1) is 32.0. The van der Waals surface area contributed by atoms with Crippen LogP contribution in [0.3, 0.4) is 0 Å². The first-order valence-electron chi connectivity index (χ1n) is 15.9. The lowest BCUT2D eigenvalue weighted by molar-refractivity contribution is -0.146. The number of amides is 3. The number of hydrogen-bond donors (Lipinski definition) is 2. The molecule has 3 aromatic rings. The summed E-state index contributed by atoms with van der Waals surface area (Å²) in [5, 5.41) is 2.86. The molecule has 2 fully saturated rings. The second kappa shape index (κ2) is 14.1. The van der Waals surface area contributed by atoms with Crippen LogP contribution in [0.4, 0.5) is 0 Å². The zero-order valence-corrected chi connectivity index (χ0v) is 26.4. The molecule has 0 aromatic heterocycles. The van der Waals surface area contributed by atoms with Crippen LogP contribution in [0.25, 0.3) is 11.1 Å². The van der Waals surface area contributed by atoms with Crippen molar-refractivity contribution in [3.8, 4) is 11.1 Å². The maximum atomic E-state index is 14.2. The van der Waals surface area contributed by atoms with Gasteiger partial charge in [0.15, 0.2) is 0 Å². The van der Waals surface area contributed by atoms with Crippen LogP contribution < -0.4 is 11.1 Å². The van der Waals surface area contributed by atoms with Gasteiger partial charge in [-0.05, 0) is 66.9 Å². The van der Waals surface area contributed by atoms with Crippen molar-refractivity contribution in [2.75, 3.05) is 27.2 Å². The van der Waals surface area contributed by atoms with Gasteiger partial charge in [0.25, 0.3) is 5.91 Å². The average Bonchev–Trinajstić information content (AvgIpc) is 3.06. The fourth-order valence-corrected chi connectivity index (χ4v) is 6.44. The fourth-order valence-electron chi connectivity index (χ4n) is 6.44. The third-order valence-electron chi connectivity index (χ3n) is 9.58. The summed E-state index contributed by atoms with van der Waals surface area (Å²) in [6, 6.07) is 27.6. The second-order valence-corrected chi connectivity index (χ2v) is 12.6. The Hall–Kier alpha value is -4.45. The highest BCUT2D eigenvalue weighted by Crippen LogP contribution is 2.36. The molecule has 5 rings (SSSR count). The molecule has 3 N–H and O–H groups in total. The molecular formula is C38H44N4O3. The van der Waals surface area contributed by atoms with E-state index in [1.165, 1.54) is 11.0 Å². The summed E-state index contributed by atoms with van der Waals surface area (Å²) in [5.74, 6) is -0.411. The Morgan fingerprint density at radius 1 is 0.889 bits per heavy atom. The summed E-state index contributed by atoms with van der Waals surface area (Å²) in [6.45, 7) is 0.881. The third kappa shape index (κ3) is 7.62. The molecule has 1 aliphatic carbocycles. The van der Waals surface area contributed by atoms with Crippen molar-refractivity contribution in [2.45, 2.75) is 56.5 Å². The molecule has 3 aromatic carbocycles. The molecule has 0 unspecified atom stereocenters. The Morgan fingerprint density at radius 2 is 1.49 bits per heavy atom. The van der Waals surface area contributed by atoms with Gasteiger partial charge in [-0.25, -0.2) is 0 Å². The normalized spacial score (nSPS) is 17.2. The van der Waals surface area contributed by atoms with Gasteiger partial charge in [-0.15, -0.1) is 5.73 Å². The maximum absolute atomic E-state index is 14.2. The van der Waals surface area contributed by atoms with Crippen molar-refractivity contribution in [3.63, 3.8) is 0 Å².